The lowest BCUT2D eigenvalue weighted by molar-refractivity contribution is 0.507. The molecule has 0 saturated heterocycles. The van der Waals surface area contributed by atoms with E-state index >= 15 is 0 Å². The number of hydrogen-bond acceptors (Lipinski definition) is 4. The van der Waals surface area contributed by atoms with Crippen LogP contribution in [0.15, 0.2) is 63.1 Å². The molecule has 2 rings (SSSR count). The van der Waals surface area contributed by atoms with E-state index in [-0.39, 0.29) is 24.0 Å². The maximum absolute atomic E-state index is 11.7. The molecule has 6 nitrogen and oxygen atoms in total. The molecule has 0 bridgehead atoms. The third-order valence-electron chi connectivity index (χ3n) is 3.86. The second-order valence-corrected chi connectivity index (χ2v) is 8.59. The topological polar surface area (TPSA) is 83.7 Å². The average molecular weight is 517 g/mol. The van der Waals surface area contributed by atoms with E-state index in [0.717, 1.165) is 28.9 Å². The third-order valence-corrected chi connectivity index (χ3v) is 5.12. The molecular formula is C20H28IN3O3S. The van der Waals surface area contributed by atoms with Crippen molar-refractivity contribution >= 4 is 39.8 Å². The Labute approximate surface area is 184 Å². The number of nitrogens with one attached hydrogen (secondary N) is 2. The number of sulfone groups is 1. The second kappa shape index (κ2) is 11.3. The number of nitrogens with zero attached hydrogens (tertiary/aromatic N) is 1. The van der Waals surface area contributed by atoms with Gasteiger partial charge in [0, 0.05) is 25.8 Å². The standard InChI is InChI=1S/C20H27N3O3S.HI/c1-15(2)13-22-20(21-10-9-18-6-5-11-26-18)23-14-17-7-8-19(16(3)12-17)27(4,24)25;/h5-8,11-12H,1,9-10,13-14H2,2-4H3,(H2,21,22,23);1H. The van der Waals surface area contributed by atoms with E-state index in [4.69, 9.17) is 4.42 Å². The quantitative estimate of drug-likeness (QED) is 0.243. The molecule has 0 unspecified atom stereocenters. The van der Waals surface area contributed by atoms with E-state index in [1.807, 2.05) is 25.1 Å². The fourth-order valence-electron chi connectivity index (χ4n) is 2.56. The number of aliphatic imine (C=N–C) groups is 1. The summed E-state index contributed by atoms with van der Waals surface area (Å²) in [6.45, 7) is 9.38. The van der Waals surface area contributed by atoms with Crippen molar-refractivity contribution in [1.82, 2.24) is 10.6 Å². The summed E-state index contributed by atoms with van der Waals surface area (Å²) in [5, 5.41) is 6.51. The molecular weight excluding hydrogens is 489 g/mol. The smallest absolute Gasteiger partial charge is 0.191 e. The molecule has 0 radical (unpaired) electrons. The number of hydrogen-bond donors (Lipinski definition) is 2. The molecule has 1 aromatic carbocycles. The van der Waals surface area contributed by atoms with Crippen LogP contribution in [0.25, 0.3) is 0 Å². The second-order valence-electron chi connectivity index (χ2n) is 6.60. The van der Waals surface area contributed by atoms with Crippen molar-refractivity contribution in [3.05, 3.63) is 65.6 Å². The van der Waals surface area contributed by atoms with Crippen LogP contribution in [0.1, 0.15) is 23.8 Å². The van der Waals surface area contributed by atoms with Gasteiger partial charge in [0.05, 0.1) is 17.7 Å². The highest BCUT2D eigenvalue weighted by molar-refractivity contribution is 14.0. The van der Waals surface area contributed by atoms with E-state index in [9.17, 15) is 8.42 Å². The molecule has 0 saturated carbocycles. The Balaban J connectivity index is 0.00000392. The normalized spacial score (nSPS) is 11.6. The molecule has 0 fully saturated rings. The monoisotopic (exact) mass is 517 g/mol. The van der Waals surface area contributed by atoms with Crippen LogP contribution in [0.2, 0.25) is 0 Å². The van der Waals surface area contributed by atoms with Crippen LogP contribution in [-0.4, -0.2) is 33.7 Å². The summed E-state index contributed by atoms with van der Waals surface area (Å²) in [6.07, 6.45) is 3.63. The zero-order chi connectivity index (χ0) is 19.9. The Morgan fingerprint density at radius 1 is 1.25 bits per heavy atom. The molecule has 154 valence electrons. The first-order valence-electron chi connectivity index (χ1n) is 8.74. The van der Waals surface area contributed by atoms with E-state index in [2.05, 4.69) is 22.2 Å². The summed E-state index contributed by atoms with van der Waals surface area (Å²) in [4.78, 5) is 4.95. The van der Waals surface area contributed by atoms with Crippen molar-refractivity contribution < 1.29 is 12.8 Å². The van der Waals surface area contributed by atoms with Crippen LogP contribution >= 0.6 is 24.0 Å². The fraction of sp³-hybridized carbons (Fsp3) is 0.350. The van der Waals surface area contributed by atoms with Crippen molar-refractivity contribution in [2.45, 2.75) is 31.7 Å². The van der Waals surface area contributed by atoms with E-state index < -0.39 is 9.84 Å². The van der Waals surface area contributed by atoms with Gasteiger partial charge in [-0.1, -0.05) is 24.3 Å². The molecule has 0 atom stereocenters. The largest absolute Gasteiger partial charge is 0.469 e. The van der Waals surface area contributed by atoms with Crippen molar-refractivity contribution in [2.24, 2.45) is 4.99 Å². The Bertz CT molecular complexity index is 907. The maximum atomic E-state index is 11.7. The van der Waals surface area contributed by atoms with E-state index in [1.165, 1.54) is 6.26 Å². The summed E-state index contributed by atoms with van der Waals surface area (Å²) >= 11 is 0. The van der Waals surface area contributed by atoms with Crippen molar-refractivity contribution in [3.63, 3.8) is 0 Å². The zero-order valence-electron chi connectivity index (χ0n) is 16.5. The van der Waals surface area contributed by atoms with Crippen LogP contribution in [0.3, 0.4) is 0 Å². The molecule has 2 aromatic rings. The Morgan fingerprint density at radius 3 is 2.57 bits per heavy atom. The molecule has 0 spiro atoms. The predicted octanol–water partition coefficient (Wildman–Crippen LogP) is 3.46. The van der Waals surface area contributed by atoms with Gasteiger partial charge in [-0.2, -0.15) is 0 Å². The first-order chi connectivity index (χ1) is 12.8. The maximum Gasteiger partial charge on any atom is 0.191 e. The Morgan fingerprint density at radius 2 is 2.00 bits per heavy atom. The van der Waals surface area contributed by atoms with Gasteiger partial charge in [0.15, 0.2) is 15.8 Å². The number of halogens is 1. The van der Waals surface area contributed by atoms with Gasteiger partial charge in [0.2, 0.25) is 0 Å². The van der Waals surface area contributed by atoms with Gasteiger partial charge < -0.3 is 15.1 Å². The molecule has 0 aliphatic carbocycles. The lowest BCUT2D eigenvalue weighted by Crippen LogP contribution is -2.39. The summed E-state index contributed by atoms with van der Waals surface area (Å²) in [5.74, 6) is 1.59. The van der Waals surface area contributed by atoms with Gasteiger partial charge in [-0.25, -0.2) is 13.4 Å². The summed E-state index contributed by atoms with van der Waals surface area (Å²) in [6, 6.07) is 9.10. The highest BCUT2D eigenvalue weighted by Crippen LogP contribution is 2.17. The van der Waals surface area contributed by atoms with E-state index in [0.29, 0.717) is 30.5 Å². The van der Waals surface area contributed by atoms with Crippen LogP contribution in [0, 0.1) is 6.92 Å². The summed E-state index contributed by atoms with van der Waals surface area (Å²) < 4.78 is 28.8. The highest BCUT2D eigenvalue weighted by Gasteiger charge is 2.10. The molecule has 8 heteroatoms. The van der Waals surface area contributed by atoms with Gasteiger partial charge in [0.25, 0.3) is 0 Å². The van der Waals surface area contributed by atoms with Crippen molar-refractivity contribution in [1.29, 1.82) is 0 Å². The van der Waals surface area contributed by atoms with Gasteiger partial charge >= 0.3 is 0 Å². The summed E-state index contributed by atoms with van der Waals surface area (Å²) in [7, 11) is -3.21. The predicted molar refractivity (Wildman–Crippen MR) is 124 cm³/mol. The van der Waals surface area contributed by atoms with Gasteiger partial charge in [-0.05, 0) is 43.2 Å². The zero-order valence-corrected chi connectivity index (χ0v) is 19.6. The molecule has 1 heterocycles. The summed E-state index contributed by atoms with van der Waals surface area (Å²) in [5.41, 5.74) is 2.68. The minimum Gasteiger partial charge on any atom is -0.469 e. The molecule has 2 N–H and O–H groups in total. The Hall–Kier alpha value is -1.81. The van der Waals surface area contributed by atoms with Crippen LogP contribution in [0.4, 0.5) is 0 Å². The minimum atomic E-state index is -3.21. The van der Waals surface area contributed by atoms with Crippen LogP contribution in [0.5, 0.6) is 0 Å². The van der Waals surface area contributed by atoms with Gasteiger partial charge in [0.1, 0.15) is 5.76 Å². The third kappa shape index (κ3) is 8.05. The SMILES string of the molecule is C=C(C)CNC(=NCc1ccc(S(C)(=O)=O)c(C)c1)NCCc1ccco1.I. The average Bonchev–Trinajstić information content (AvgIpc) is 3.09. The van der Waals surface area contributed by atoms with Crippen molar-refractivity contribution in [3.8, 4) is 0 Å². The highest BCUT2D eigenvalue weighted by atomic mass is 127. The molecule has 0 aliphatic rings. The first kappa shape index (κ1) is 24.2. The molecule has 0 aliphatic heterocycles. The number of rotatable bonds is 8. The van der Waals surface area contributed by atoms with Crippen LogP contribution in [-0.2, 0) is 22.8 Å². The molecule has 0 amide bonds. The molecule has 28 heavy (non-hydrogen) atoms. The number of guanidine groups is 1. The number of benzene rings is 1. The Kier molecular flexibility index (Phi) is 9.74. The number of furan rings is 1. The lowest BCUT2D eigenvalue weighted by Gasteiger charge is -2.12. The van der Waals surface area contributed by atoms with E-state index in [1.54, 1.807) is 25.3 Å². The minimum absolute atomic E-state index is 0. The first-order valence-corrected chi connectivity index (χ1v) is 10.6. The van der Waals surface area contributed by atoms with Crippen LogP contribution < -0.4 is 10.6 Å². The lowest BCUT2D eigenvalue weighted by atomic mass is 10.1. The van der Waals surface area contributed by atoms with Gasteiger partial charge in [-0.15, -0.1) is 24.0 Å². The van der Waals surface area contributed by atoms with Crippen molar-refractivity contribution in [2.75, 3.05) is 19.3 Å². The fourth-order valence-corrected chi connectivity index (χ4v) is 3.52. The molecule has 1 aromatic heterocycles. The van der Waals surface area contributed by atoms with Gasteiger partial charge in [-0.3, -0.25) is 0 Å². The number of aryl methyl sites for hydroxylation is 1.